The van der Waals surface area contributed by atoms with Crippen LogP contribution in [0.1, 0.15) is 19.8 Å². The van der Waals surface area contributed by atoms with E-state index in [-0.39, 0.29) is 13.2 Å². The van der Waals surface area contributed by atoms with Gasteiger partial charge in [0.15, 0.2) is 0 Å². The lowest BCUT2D eigenvalue weighted by atomic mass is 10.3. The van der Waals surface area contributed by atoms with Crippen LogP contribution in [0.3, 0.4) is 0 Å². The topological polar surface area (TPSA) is 87.1 Å². The second-order valence-corrected chi connectivity index (χ2v) is 2.37. The third kappa shape index (κ3) is 8.49. The number of hydrogen-bond donors (Lipinski definition) is 1. The largest absolute Gasteiger partial charge is 0.449 e. The highest BCUT2D eigenvalue weighted by molar-refractivity contribution is 5.66. The first kappa shape index (κ1) is 11.6. The molecule has 0 aromatic carbocycles. The monoisotopic (exact) mass is 186 g/mol. The molecular formula is C7H14N4O2. The average Bonchev–Trinajstić information content (AvgIpc) is 2.13. The van der Waals surface area contributed by atoms with Gasteiger partial charge in [0, 0.05) is 11.5 Å². The minimum atomic E-state index is -0.457. The molecule has 0 unspecified atom stereocenters. The van der Waals surface area contributed by atoms with E-state index in [0.717, 1.165) is 12.8 Å². The zero-order chi connectivity index (χ0) is 9.94. The number of hydrogen-bond acceptors (Lipinski definition) is 3. The van der Waals surface area contributed by atoms with Crippen molar-refractivity contribution in [3.63, 3.8) is 0 Å². The summed E-state index contributed by atoms with van der Waals surface area (Å²) in [7, 11) is 0. The number of azide groups is 1. The maximum atomic E-state index is 10.8. The predicted octanol–water partition coefficient (Wildman–Crippen LogP) is 1.82. The molecule has 1 N–H and O–H groups in total. The summed E-state index contributed by atoms with van der Waals surface area (Å²) in [6, 6.07) is 0. The van der Waals surface area contributed by atoms with Crippen molar-refractivity contribution in [2.45, 2.75) is 19.8 Å². The normalized spacial score (nSPS) is 8.69. The van der Waals surface area contributed by atoms with Crippen LogP contribution in [0.4, 0.5) is 4.79 Å². The van der Waals surface area contributed by atoms with Gasteiger partial charge in [-0.3, -0.25) is 0 Å². The lowest BCUT2D eigenvalue weighted by molar-refractivity contribution is 0.149. The highest BCUT2D eigenvalue weighted by Gasteiger charge is 1.98. The molecule has 1 amide bonds. The van der Waals surface area contributed by atoms with Gasteiger partial charge in [-0.15, -0.1) is 0 Å². The van der Waals surface area contributed by atoms with Crippen LogP contribution >= 0.6 is 0 Å². The van der Waals surface area contributed by atoms with Gasteiger partial charge in [-0.25, -0.2) is 4.79 Å². The number of unbranched alkanes of at least 4 members (excludes halogenated alkanes) is 1. The minimum Gasteiger partial charge on any atom is -0.449 e. The number of alkyl carbamates (subject to hydrolysis) is 1. The van der Waals surface area contributed by atoms with Gasteiger partial charge in [0.05, 0.1) is 13.2 Å². The van der Waals surface area contributed by atoms with Gasteiger partial charge < -0.3 is 10.1 Å². The second-order valence-electron chi connectivity index (χ2n) is 2.37. The van der Waals surface area contributed by atoms with Gasteiger partial charge in [0.25, 0.3) is 0 Å². The van der Waals surface area contributed by atoms with E-state index in [2.05, 4.69) is 20.1 Å². The molecule has 0 fully saturated rings. The Hall–Kier alpha value is -1.42. The molecule has 0 aromatic rings. The summed E-state index contributed by atoms with van der Waals surface area (Å²) in [6.45, 7) is 2.96. The number of rotatable bonds is 6. The molecule has 0 radical (unpaired) electrons. The number of ether oxygens (including phenoxy) is 1. The SMILES string of the molecule is CCCCNC(=O)OCCN=[N+]=[N-]. The summed E-state index contributed by atoms with van der Waals surface area (Å²) < 4.78 is 4.68. The van der Waals surface area contributed by atoms with E-state index in [4.69, 9.17) is 5.53 Å². The predicted molar refractivity (Wildman–Crippen MR) is 48.3 cm³/mol. The Morgan fingerprint density at radius 2 is 2.46 bits per heavy atom. The molecule has 0 spiro atoms. The minimum absolute atomic E-state index is 0.127. The van der Waals surface area contributed by atoms with Crippen molar-refractivity contribution < 1.29 is 9.53 Å². The first-order valence-corrected chi connectivity index (χ1v) is 4.22. The zero-order valence-electron chi connectivity index (χ0n) is 7.69. The molecule has 0 heterocycles. The summed E-state index contributed by atoms with van der Waals surface area (Å²) in [4.78, 5) is 13.3. The quantitative estimate of drug-likeness (QED) is 0.297. The maximum Gasteiger partial charge on any atom is 0.407 e. The lowest BCUT2D eigenvalue weighted by Gasteiger charge is -2.03. The third-order valence-electron chi connectivity index (χ3n) is 1.29. The zero-order valence-corrected chi connectivity index (χ0v) is 7.69. The average molecular weight is 186 g/mol. The Bertz CT molecular complexity index is 189. The molecule has 0 aliphatic heterocycles. The first-order chi connectivity index (χ1) is 6.31. The van der Waals surface area contributed by atoms with E-state index in [1.807, 2.05) is 6.92 Å². The maximum absolute atomic E-state index is 10.8. The van der Waals surface area contributed by atoms with Crippen molar-refractivity contribution in [3.05, 3.63) is 10.4 Å². The van der Waals surface area contributed by atoms with E-state index >= 15 is 0 Å². The Kier molecular flexibility index (Phi) is 7.73. The van der Waals surface area contributed by atoms with Crippen LogP contribution in [0.15, 0.2) is 5.11 Å². The fraction of sp³-hybridized carbons (Fsp3) is 0.857. The molecule has 6 heteroatoms. The Labute approximate surface area is 76.9 Å². The standard InChI is InChI=1S/C7H14N4O2/c1-2-3-4-9-7(12)13-6-5-10-11-8/h2-6H2,1H3,(H,9,12). The van der Waals surface area contributed by atoms with Crippen LogP contribution in [0, 0.1) is 0 Å². The summed E-state index contributed by atoms with van der Waals surface area (Å²) in [5.41, 5.74) is 7.91. The fourth-order valence-electron chi connectivity index (χ4n) is 0.642. The summed E-state index contributed by atoms with van der Waals surface area (Å²) in [5, 5.41) is 5.78. The molecule has 74 valence electrons. The summed E-state index contributed by atoms with van der Waals surface area (Å²) >= 11 is 0. The molecule has 0 aromatic heterocycles. The van der Waals surface area contributed by atoms with Crippen LogP contribution in [0.25, 0.3) is 10.4 Å². The van der Waals surface area contributed by atoms with Crippen LogP contribution in [0.2, 0.25) is 0 Å². The van der Waals surface area contributed by atoms with Crippen molar-refractivity contribution in [3.8, 4) is 0 Å². The number of amides is 1. The third-order valence-corrected chi connectivity index (χ3v) is 1.29. The summed E-state index contributed by atoms with van der Waals surface area (Å²) in [6.07, 6.45) is 1.51. The van der Waals surface area contributed by atoms with E-state index in [1.54, 1.807) is 0 Å². The molecule has 0 atom stereocenters. The molecule has 0 rings (SSSR count). The van der Waals surface area contributed by atoms with Gasteiger partial charge in [-0.1, -0.05) is 18.5 Å². The molecule has 0 saturated heterocycles. The van der Waals surface area contributed by atoms with Crippen molar-refractivity contribution >= 4 is 6.09 Å². The number of nitrogens with one attached hydrogen (secondary N) is 1. The van der Waals surface area contributed by atoms with Crippen molar-refractivity contribution in [2.75, 3.05) is 19.7 Å². The Balaban J connectivity index is 3.24. The molecular weight excluding hydrogens is 172 g/mol. The highest BCUT2D eigenvalue weighted by Crippen LogP contribution is 1.84. The van der Waals surface area contributed by atoms with E-state index in [1.165, 1.54) is 0 Å². The lowest BCUT2D eigenvalue weighted by Crippen LogP contribution is -2.25. The highest BCUT2D eigenvalue weighted by atomic mass is 16.5. The van der Waals surface area contributed by atoms with Crippen molar-refractivity contribution in [1.82, 2.24) is 5.32 Å². The Morgan fingerprint density at radius 3 is 3.08 bits per heavy atom. The van der Waals surface area contributed by atoms with Gasteiger partial charge >= 0.3 is 6.09 Å². The van der Waals surface area contributed by atoms with E-state index in [0.29, 0.717) is 6.54 Å². The fourth-order valence-corrected chi connectivity index (χ4v) is 0.642. The van der Waals surface area contributed by atoms with Crippen LogP contribution < -0.4 is 5.32 Å². The van der Waals surface area contributed by atoms with Crippen molar-refractivity contribution in [2.24, 2.45) is 5.11 Å². The smallest absolute Gasteiger partial charge is 0.407 e. The second kappa shape index (κ2) is 8.67. The molecule has 0 bridgehead atoms. The van der Waals surface area contributed by atoms with Gasteiger partial charge in [0.1, 0.15) is 0 Å². The molecule has 0 aliphatic rings. The van der Waals surface area contributed by atoms with Gasteiger partial charge in [-0.05, 0) is 12.0 Å². The molecule has 13 heavy (non-hydrogen) atoms. The molecule has 0 aliphatic carbocycles. The molecule has 6 nitrogen and oxygen atoms in total. The summed E-state index contributed by atoms with van der Waals surface area (Å²) in [5.74, 6) is 0. The van der Waals surface area contributed by atoms with Crippen molar-refractivity contribution in [1.29, 1.82) is 0 Å². The molecule has 0 saturated carbocycles. The first-order valence-electron chi connectivity index (χ1n) is 4.22. The van der Waals surface area contributed by atoms with E-state index in [9.17, 15) is 4.79 Å². The number of nitrogens with zero attached hydrogens (tertiary/aromatic N) is 3. The van der Waals surface area contributed by atoms with Gasteiger partial charge in [-0.2, -0.15) is 0 Å². The van der Waals surface area contributed by atoms with Crippen LogP contribution in [0.5, 0.6) is 0 Å². The van der Waals surface area contributed by atoms with Crippen LogP contribution in [-0.4, -0.2) is 25.8 Å². The van der Waals surface area contributed by atoms with E-state index < -0.39 is 6.09 Å². The van der Waals surface area contributed by atoms with Crippen LogP contribution in [-0.2, 0) is 4.74 Å². The van der Waals surface area contributed by atoms with Gasteiger partial charge in [0.2, 0.25) is 0 Å². The number of carbonyl (C=O) groups is 1. The number of carbonyl (C=O) groups excluding carboxylic acids is 1. The Morgan fingerprint density at radius 1 is 1.69 bits per heavy atom.